The van der Waals surface area contributed by atoms with Crippen LogP contribution in [0.25, 0.3) is 0 Å². The monoisotopic (exact) mass is 500 g/mol. The highest BCUT2D eigenvalue weighted by Crippen LogP contribution is 2.28. The van der Waals surface area contributed by atoms with E-state index in [1.54, 1.807) is 43.3 Å². The van der Waals surface area contributed by atoms with Gasteiger partial charge in [-0.15, -0.1) is 0 Å². The number of nitrogens with zero attached hydrogens (tertiary/aromatic N) is 1. The number of rotatable bonds is 8. The molecule has 29 heavy (non-hydrogen) atoms. The second kappa shape index (κ2) is 10.9. The van der Waals surface area contributed by atoms with Gasteiger partial charge >= 0.3 is 0 Å². The SMILES string of the molecule is CC(C)NC(=O)C(C)N(Cc1cccc(Cl)c1)C(=O)COc1ccc(Cl)cc1Br. The van der Waals surface area contributed by atoms with Crippen LogP contribution in [0, 0.1) is 0 Å². The number of amides is 2. The Kier molecular flexibility index (Phi) is 8.80. The van der Waals surface area contributed by atoms with Gasteiger partial charge in [-0.25, -0.2) is 0 Å². The standard InChI is InChI=1S/C21H23BrCl2N2O3/c1-13(2)25-21(28)14(3)26(11-15-5-4-6-16(23)9-15)20(27)12-29-19-8-7-17(24)10-18(19)22/h4-10,13-14H,11-12H2,1-3H3,(H,25,28). The lowest BCUT2D eigenvalue weighted by molar-refractivity contribution is -0.142. The minimum absolute atomic E-state index is 0.0330. The van der Waals surface area contributed by atoms with Crippen molar-refractivity contribution < 1.29 is 14.3 Å². The van der Waals surface area contributed by atoms with Crippen LogP contribution in [0.3, 0.4) is 0 Å². The van der Waals surface area contributed by atoms with Crippen molar-refractivity contribution in [2.75, 3.05) is 6.61 Å². The summed E-state index contributed by atoms with van der Waals surface area (Å²) in [7, 11) is 0. The van der Waals surface area contributed by atoms with Crippen LogP contribution in [-0.4, -0.2) is 35.4 Å². The maximum Gasteiger partial charge on any atom is 0.261 e. The first-order valence-corrected chi connectivity index (χ1v) is 10.6. The molecule has 0 saturated heterocycles. The van der Waals surface area contributed by atoms with Gasteiger partial charge in [0.2, 0.25) is 5.91 Å². The van der Waals surface area contributed by atoms with Gasteiger partial charge in [-0.1, -0.05) is 35.3 Å². The van der Waals surface area contributed by atoms with Crippen molar-refractivity contribution >= 4 is 50.9 Å². The van der Waals surface area contributed by atoms with Gasteiger partial charge in [0.05, 0.1) is 4.47 Å². The number of benzene rings is 2. The second-order valence-corrected chi connectivity index (χ2v) is 8.58. The molecule has 0 bridgehead atoms. The largest absolute Gasteiger partial charge is 0.483 e. The molecule has 0 aliphatic carbocycles. The predicted octanol–water partition coefficient (Wildman–Crippen LogP) is 5.08. The molecule has 0 heterocycles. The van der Waals surface area contributed by atoms with Gasteiger partial charge in [-0.3, -0.25) is 9.59 Å². The highest BCUT2D eigenvalue weighted by Gasteiger charge is 2.27. The summed E-state index contributed by atoms with van der Waals surface area (Å²) in [6.07, 6.45) is 0. The lowest BCUT2D eigenvalue weighted by Gasteiger charge is -2.29. The summed E-state index contributed by atoms with van der Waals surface area (Å²) in [5, 5.41) is 3.96. The van der Waals surface area contributed by atoms with Crippen LogP contribution in [0.2, 0.25) is 10.0 Å². The predicted molar refractivity (Wildman–Crippen MR) is 119 cm³/mol. The quantitative estimate of drug-likeness (QED) is 0.548. The van der Waals surface area contributed by atoms with Gasteiger partial charge in [-0.05, 0) is 72.6 Å². The summed E-state index contributed by atoms with van der Waals surface area (Å²) in [5.74, 6) is -0.0639. The van der Waals surface area contributed by atoms with Crippen LogP contribution in [0.4, 0.5) is 0 Å². The zero-order valence-electron chi connectivity index (χ0n) is 16.4. The molecule has 1 N–H and O–H groups in total. The third-order valence-corrected chi connectivity index (χ3v) is 5.18. The van der Waals surface area contributed by atoms with Gasteiger partial charge in [0.25, 0.3) is 5.91 Å². The zero-order chi connectivity index (χ0) is 21.6. The topological polar surface area (TPSA) is 58.6 Å². The van der Waals surface area contributed by atoms with Gasteiger partial charge < -0.3 is 15.0 Å². The number of hydrogen-bond donors (Lipinski definition) is 1. The molecule has 2 aromatic rings. The molecule has 0 radical (unpaired) electrons. The first-order valence-electron chi connectivity index (χ1n) is 9.09. The summed E-state index contributed by atoms with van der Waals surface area (Å²) < 4.78 is 6.30. The molecule has 0 aliphatic heterocycles. The second-order valence-electron chi connectivity index (χ2n) is 6.85. The van der Waals surface area contributed by atoms with Crippen LogP contribution >= 0.6 is 39.1 Å². The van der Waals surface area contributed by atoms with Gasteiger partial charge in [0.15, 0.2) is 6.61 Å². The molecule has 1 atom stereocenters. The van der Waals surface area contributed by atoms with Crippen molar-refractivity contribution in [3.05, 3.63) is 62.5 Å². The van der Waals surface area contributed by atoms with Crippen molar-refractivity contribution in [2.45, 2.75) is 39.4 Å². The fourth-order valence-electron chi connectivity index (χ4n) is 2.63. The summed E-state index contributed by atoms with van der Waals surface area (Å²) in [6, 6.07) is 11.5. The maximum absolute atomic E-state index is 13.0. The third kappa shape index (κ3) is 7.21. The number of ether oxygens (including phenoxy) is 1. The number of carbonyl (C=O) groups is 2. The molecule has 0 aliphatic rings. The number of nitrogens with one attached hydrogen (secondary N) is 1. The molecule has 156 valence electrons. The molecule has 2 amide bonds. The van der Waals surface area contributed by atoms with Crippen molar-refractivity contribution in [3.8, 4) is 5.75 Å². The highest BCUT2D eigenvalue weighted by atomic mass is 79.9. The maximum atomic E-state index is 13.0. The van der Waals surface area contributed by atoms with Gasteiger partial charge in [0.1, 0.15) is 11.8 Å². The van der Waals surface area contributed by atoms with E-state index >= 15 is 0 Å². The fourth-order valence-corrected chi connectivity index (χ4v) is 3.64. The zero-order valence-corrected chi connectivity index (χ0v) is 19.5. The molecule has 8 heteroatoms. The number of hydrogen-bond acceptors (Lipinski definition) is 3. The van der Waals surface area contributed by atoms with E-state index < -0.39 is 6.04 Å². The molecular weight excluding hydrogens is 479 g/mol. The van der Waals surface area contributed by atoms with E-state index in [-0.39, 0.29) is 31.0 Å². The van der Waals surface area contributed by atoms with E-state index in [4.69, 9.17) is 27.9 Å². The summed E-state index contributed by atoms with van der Waals surface area (Å²) >= 11 is 15.4. The Morgan fingerprint density at radius 3 is 2.41 bits per heavy atom. The smallest absolute Gasteiger partial charge is 0.261 e. The van der Waals surface area contributed by atoms with Crippen LogP contribution in [0.15, 0.2) is 46.9 Å². The van der Waals surface area contributed by atoms with Crippen molar-refractivity contribution in [1.29, 1.82) is 0 Å². The molecule has 0 aromatic heterocycles. The van der Waals surface area contributed by atoms with E-state index in [1.807, 2.05) is 19.9 Å². The van der Waals surface area contributed by atoms with Crippen molar-refractivity contribution in [1.82, 2.24) is 10.2 Å². The first kappa shape index (κ1) is 23.5. The Labute approximate surface area is 189 Å². The lowest BCUT2D eigenvalue weighted by Crippen LogP contribution is -2.50. The van der Waals surface area contributed by atoms with Gasteiger partial charge in [0, 0.05) is 22.6 Å². The van der Waals surface area contributed by atoms with Gasteiger partial charge in [-0.2, -0.15) is 0 Å². The first-order chi connectivity index (χ1) is 13.7. The molecule has 0 spiro atoms. The minimum atomic E-state index is -0.679. The molecular formula is C21H23BrCl2N2O3. The fraction of sp³-hybridized carbons (Fsp3) is 0.333. The summed E-state index contributed by atoms with van der Waals surface area (Å²) in [4.78, 5) is 27.0. The molecule has 2 aromatic carbocycles. The molecule has 1 unspecified atom stereocenters. The average molecular weight is 502 g/mol. The average Bonchev–Trinajstić information content (AvgIpc) is 2.64. The summed E-state index contributed by atoms with van der Waals surface area (Å²) in [5.41, 5.74) is 0.822. The normalized spacial score (nSPS) is 11.8. The Morgan fingerprint density at radius 2 is 1.79 bits per heavy atom. The van der Waals surface area contributed by atoms with Crippen molar-refractivity contribution in [3.63, 3.8) is 0 Å². The Morgan fingerprint density at radius 1 is 1.10 bits per heavy atom. The third-order valence-electron chi connectivity index (χ3n) is 4.09. The highest BCUT2D eigenvalue weighted by molar-refractivity contribution is 9.10. The van der Waals surface area contributed by atoms with Crippen LogP contribution in [-0.2, 0) is 16.1 Å². The number of halogens is 3. The van der Waals surface area contributed by atoms with Crippen LogP contribution in [0.1, 0.15) is 26.3 Å². The lowest BCUT2D eigenvalue weighted by atomic mass is 10.1. The van der Waals surface area contributed by atoms with E-state index in [0.29, 0.717) is 20.3 Å². The van der Waals surface area contributed by atoms with E-state index in [0.717, 1.165) is 5.56 Å². The van der Waals surface area contributed by atoms with E-state index in [2.05, 4.69) is 21.2 Å². The van der Waals surface area contributed by atoms with E-state index in [1.165, 1.54) is 4.90 Å². The number of carbonyl (C=O) groups excluding carboxylic acids is 2. The minimum Gasteiger partial charge on any atom is -0.483 e. The molecule has 0 saturated carbocycles. The van der Waals surface area contributed by atoms with Crippen molar-refractivity contribution in [2.24, 2.45) is 0 Å². The molecule has 5 nitrogen and oxygen atoms in total. The Bertz CT molecular complexity index is 877. The van der Waals surface area contributed by atoms with Crippen LogP contribution < -0.4 is 10.1 Å². The molecule has 2 rings (SSSR count). The molecule has 0 fully saturated rings. The summed E-state index contributed by atoms with van der Waals surface area (Å²) in [6.45, 7) is 5.44. The van der Waals surface area contributed by atoms with Crippen LogP contribution in [0.5, 0.6) is 5.75 Å². The van der Waals surface area contributed by atoms with E-state index in [9.17, 15) is 9.59 Å². The Balaban J connectivity index is 2.17. The Hall–Kier alpha value is -1.76.